The van der Waals surface area contributed by atoms with Gasteiger partial charge < -0.3 is 18.3 Å². The molecule has 0 radical (unpaired) electrons. The molecule has 0 unspecified atom stereocenters. The Hall–Kier alpha value is -3.54. The van der Waals surface area contributed by atoms with Crippen LogP contribution in [0.4, 0.5) is 0 Å². The van der Waals surface area contributed by atoms with Crippen LogP contribution in [0.2, 0.25) is 0 Å². The Bertz CT molecular complexity index is 1060. The van der Waals surface area contributed by atoms with Gasteiger partial charge in [-0.2, -0.15) is 0 Å². The molecule has 0 spiro atoms. The van der Waals surface area contributed by atoms with Crippen molar-refractivity contribution in [2.75, 3.05) is 0 Å². The number of carbonyl (C=O) groups excluding carboxylic acids is 1. The normalized spacial score (nSPS) is 10.9. The summed E-state index contributed by atoms with van der Waals surface area (Å²) in [4.78, 5) is 14.4. The Kier molecular flexibility index (Phi) is 4.85. The summed E-state index contributed by atoms with van der Waals surface area (Å²) >= 11 is 0. The topological polar surface area (TPSA) is 72.6 Å². The molecule has 0 atom stereocenters. The van der Waals surface area contributed by atoms with Crippen molar-refractivity contribution in [3.63, 3.8) is 0 Å². The summed E-state index contributed by atoms with van der Waals surface area (Å²) in [6.07, 6.45) is 3.06. The van der Waals surface area contributed by atoms with Crippen LogP contribution in [-0.2, 0) is 13.1 Å². The fraction of sp³-hybridized carbons (Fsp3) is 0.182. The lowest BCUT2D eigenvalue weighted by atomic mass is 10.0. The molecule has 1 aromatic carbocycles. The van der Waals surface area contributed by atoms with E-state index in [0.29, 0.717) is 23.8 Å². The van der Waals surface area contributed by atoms with Gasteiger partial charge in [0.1, 0.15) is 11.5 Å². The van der Waals surface area contributed by atoms with Crippen LogP contribution in [0, 0.1) is 13.8 Å². The van der Waals surface area contributed by atoms with Gasteiger partial charge >= 0.3 is 0 Å². The maximum Gasteiger partial charge on any atom is 0.290 e. The molecule has 4 aromatic rings. The van der Waals surface area contributed by atoms with Crippen LogP contribution in [0.15, 0.2) is 74.4 Å². The van der Waals surface area contributed by atoms with Crippen molar-refractivity contribution in [3.05, 3.63) is 89.4 Å². The van der Waals surface area contributed by atoms with Gasteiger partial charge in [-0.15, -0.1) is 0 Å². The van der Waals surface area contributed by atoms with Crippen molar-refractivity contribution in [2.24, 2.45) is 0 Å². The van der Waals surface area contributed by atoms with E-state index in [9.17, 15) is 4.79 Å². The number of furan rings is 2. The van der Waals surface area contributed by atoms with Crippen molar-refractivity contribution in [1.82, 2.24) is 10.1 Å². The Morgan fingerprint density at radius 1 is 0.964 bits per heavy atom. The lowest BCUT2D eigenvalue weighted by Gasteiger charge is -2.19. The standard InChI is InChI=1S/C22H20N2O4/c1-15-7-8-17(11-16(15)2)21-12-18(23-28-21)13-24(14-19-5-3-9-26-19)22(25)20-6-4-10-27-20/h3-12H,13-14H2,1-2H3. The van der Waals surface area contributed by atoms with Gasteiger partial charge in [-0.3, -0.25) is 4.79 Å². The highest BCUT2D eigenvalue weighted by atomic mass is 16.5. The number of aryl methyl sites for hydroxylation is 2. The van der Waals surface area contributed by atoms with E-state index >= 15 is 0 Å². The first-order valence-electron chi connectivity index (χ1n) is 8.98. The minimum atomic E-state index is -0.239. The van der Waals surface area contributed by atoms with E-state index in [2.05, 4.69) is 31.1 Å². The third kappa shape index (κ3) is 3.76. The van der Waals surface area contributed by atoms with Crippen LogP contribution < -0.4 is 0 Å². The molecule has 3 heterocycles. The van der Waals surface area contributed by atoms with Gasteiger partial charge in [0.05, 0.1) is 25.6 Å². The Morgan fingerprint density at radius 3 is 2.50 bits per heavy atom. The highest BCUT2D eigenvalue weighted by Crippen LogP contribution is 2.24. The molecule has 1 amide bonds. The van der Waals surface area contributed by atoms with Gasteiger partial charge in [0.15, 0.2) is 11.5 Å². The van der Waals surface area contributed by atoms with Gasteiger partial charge in [-0.25, -0.2) is 0 Å². The molecule has 0 aliphatic carbocycles. The molecule has 0 N–H and O–H groups in total. The monoisotopic (exact) mass is 376 g/mol. The molecular formula is C22H20N2O4. The van der Waals surface area contributed by atoms with E-state index in [1.165, 1.54) is 17.4 Å². The first-order chi connectivity index (χ1) is 13.6. The lowest BCUT2D eigenvalue weighted by Crippen LogP contribution is -2.29. The van der Waals surface area contributed by atoms with E-state index in [1.54, 1.807) is 29.4 Å². The number of aromatic nitrogens is 1. The first-order valence-corrected chi connectivity index (χ1v) is 8.98. The maximum absolute atomic E-state index is 12.8. The van der Waals surface area contributed by atoms with Crippen LogP contribution in [0.25, 0.3) is 11.3 Å². The summed E-state index contributed by atoms with van der Waals surface area (Å²) in [6.45, 7) is 4.70. The van der Waals surface area contributed by atoms with Crippen LogP contribution in [0.5, 0.6) is 0 Å². The molecule has 0 bridgehead atoms. The molecular weight excluding hydrogens is 356 g/mol. The van der Waals surface area contributed by atoms with Gasteiger partial charge in [0.2, 0.25) is 0 Å². The number of nitrogens with zero attached hydrogens (tertiary/aromatic N) is 2. The quantitative estimate of drug-likeness (QED) is 0.474. The molecule has 0 fully saturated rings. The van der Waals surface area contributed by atoms with Crippen molar-refractivity contribution in [3.8, 4) is 11.3 Å². The number of hydrogen-bond donors (Lipinski definition) is 0. The molecule has 0 aliphatic rings. The highest BCUT2D eigenvalue weighted by molar-refractivity contribution is 5.91. The van der Waals surface area contributed by atoms with Gasteiger partial charge in [-0.1, -0.05) is 17.3 Å². The zero-order valence-electron chi connectivity index (χ0n) is 15.7. The molecule has 142 valence electrons. The summed E-state index contributed by atoms with van der Waals surface area (Å²) in [5, 5.41) is 4.15. The van der Waals surface area contributed by atoms with E-state index in [0.717, 1.165) is 5.56 Å². The smallest absolute Gasteiger partial charge is 0.290 e. The molecule has 3 aromatic heterocycles. The van der Waals surface area contributed by atoms with Crippen LogP contribution >= 0.6 is 0 Å². The van der Waals surface area contributed by atoms with Crippen molar-refractivity contribution < 1.29 is 18.2 Å². The van der Waals surface area contributed by atoms with Gasteiger partial charge in [0, 0.05) is 11.6 Å². The number of benzene rings is 1. The van der Waals surface area contributed by atoms with Crippen molar-refractivity contribution >= 4 is 5.91 Å². The largest absolute Gasteiger partial charge is 0.467 e. The van der Waals surface area contributed by atoms with Crippen LogP contribution in [0.1, 0.15) is 33.1 Å². The number of rotatable bonds is 6. The van der Waals surface area contributed by atoms with Crippen LogP contribution in [0.3, 0.4) is 0 Å². The predicted molar refractivity (Wildman–Crippen MR) is 102 cm³/mol. The maximum atomic E-state index is 12.8. The average Bonchev–Trinajstić information content (AvgIpc) is 3.45. The second-order valence-corrected chi connectivity index (χ2v) is 6.70. The third-order valence-electron chi connectivity index (χ3n) is 4.65. The summed E-state index contributed by atoms with van der Waals surface area (Å²) in [5.41, 5.74) is 4.01. The molecule has 0 saturated carbocycles. The SMILES string of the molecule is Cc1ccc(-c2cc(CN(Cc3ccco3)C(=O)c3ccco3)no2)cc1C. The van der Waals surface area contributed by atoms with Crippen molar-refractivity contribution in [1.29, 1.82) is 0 Å². The minimum absolute atomic E-state index is 0.239. The third-order valence-corrected chi connectivity index (χ3v) is 4.65. The summed E-state index contributed by atoms with van der Waals surface area (Å²) in [6, 6.07) is 14.9. The van der Waals surface area contributed by atoms with Gasteiger partial charge in [0.25, 0.3) is 5.91 Å². The summed E-state index contributed by atoms with van der Waals surface area (Å²) in [7, 11) is 0. The predicted octanol–water partition coefficient (Wildman–Crippen LogP) is 4.99. The molecule has 6 nitrogen and oxygen atoms in total. The lowest BCUT2D eigenvalue weighted by molar-refractivity contribution is 0.0681. The van der Waals surface area contributed by atoms with E-state index in [-0.39, 0.29) is 18.2 Å². The zero-order valence-corrected chi connectivity index (χ0v) is 15.7. The first kappa shape index (κ1) is 17.9. The Morgan fingerprint density at radius 2 is 1.79 bits per heavy atom. The number of hydrogen-bond acceptors (Lipinski definition) is 5. The minimum Gasteiger partial charge on any atom is -0.467 e. The Balaban J connectivity index is 1.57. The highest BCUT2D eigenvalue weighted by Gasteiger charge is 2.21. The molecule has 4 rings (SSSR count). The van der Waals surface area contributed by atoms with Crippen LogP contribution in [-0.4, -0.2) is 16.0 Å². The van der Waals surface area contributed by atoms with Crippen molar-refractivity contribution in [2.45, 2.75) is 26.9 Å². The average molecular weight is 376 g/mol. The summed E-state index contributed by atoms with van der Waals surface area (Å²) in [5.74, 6) is 1.38. The Labute approximate surface area is 162 Å². The fourth-order valence-electron chi connectivity index (χ4n) is 2.96. The molecule has 28 heavy (non-hydrogen) atoms. The zero-order chi connectivity index (χ0) is 19.5. The second-order valence-electron chi connectivity index (χ2n) is 6.70. The molecule has 6 heteroatoms. The van der Waals surface area contributed by atoms with Gasteiger partial charge in [-0.05, 0) is 55.3 Å². The van der Waals surface area contributed by atoms with E-state index in [4.69, 9.17) is 13.4 Å². The molecule has 0 aliphatic heterocycles. The summed E-state index contributed by atoms with van der Waals surface area (Å²) < 4.78 is 16.2. The number of carbonyl (C=O) groups is 1. The van der Waals surface area contributed by atoms with E-state index in [1.807, 2.05) is 18.2 Å². The molecule has 0 saturated heterocycles. The number of amides is 1. The van der Waals surface area contributed by atoms with E-state index < -0.39 is 0 Å². The fourth-order valence-corrected chi connectivity index (χ4v) is 2.96. The second kappa shape index (κ2) is 7.60.